The molecule has 0 spiro atoms. The van der Waals surface area contributed by atoms with Crippen molar-refractivity contribution in [2.75, 3.05) is 37.6 Å². The maximum Gasteiger partial charge on any atom is 0.254 e. The standard InChI is InChI=1S/C24H25N3O4S2/c28-22-7-2-1-6-21(22)25-11-13-26(14-12-25)24(29)18-4-3-5-20(16-18)33(30,31)27-10-8-23-19(17-27)9-15-32-23/h1-7,9,15-16,28H,8,10-14,17H2. The van der Waals surface area contributed by atoms with Crippen LogP contribution in [0.15, 0.2) is 64.9 Å². The van der Waals surface area contributed by atoms with Crippen LogP contribution in [-0.2, 0) is 23.0 Å². The van der Waals surface area contributed by atoms with E-state index in [4.69, 9.17) is 0 Å². The first-order valence-corrected chi connectivity index (χ1v) is 13.2. The molecule has 0 atom stereocenters. The molecule has 0 bridgehead atoms. The van der Waals surface area contributed by atoms with Gasteiger partial charge in [0.25, 0.3) is 5.91 Å². The summed E-state index contributed by atoms with van der Waals surface area (Å²) in [6.07, 6.45) is 0.714. The van der Waals surface area contributed by atoms with Gasteiger partial charge < -0.3 is 14.9 Å². The lowest BCUT2D eigenvalue weighted by Gasteiger charge is -2.36. The fourth-order valence-corrected chi connectivity index (χ4v) is 6.79. The van der Waals surface area contributed by atoms with Gasteiger partial charge >= 0.3 is 0 Å². The molecule has 3 aromatic rings. The molecule has 0 radical (unpaired) electrons. The number of sulfonamides is 1. The van der Waals surface area contributed by atoms with Crippen LogP contribution in [0.4, 0.5) is 5.69 Å². The Morgan fingerprint density at radius 3 is 2.52 bits per heavy atom. The number of benzene rings is 2. The summed E-state index contributed by atoms with van der Waals surface area (Å²) in [5.41, 5.74) is 2.19. The van der Waals surface area contributed by atoms with Crippen LogP contribution in [0.5, 0.6) is 5.75 Å². The first-order chi connectivity index (χ1) is 15.9. The third-order valence-electron chi connectivity index (χ3n) is 6.28. The van der Waals surface area contributed by atoms with Gasteiger partial charge in [0, 0.05) is 49.7 Å². The highest BCUT2D eigenvalue weighted by molar-refractivity contribution is 7.89. The summed E-state index contributed by atoms with van der Waals surface area (Å²) < 4.78 is 28.0. The molecule has 0 aliphatic carbocycles. The Hall–Kier alpha value is -2.88. The zero-order chi connectivity index (χ0) is 23.0. The molecule has 1 fully saturated rings. The molecule has 9 heteroatoms. The lowest BCUT2D eigenvalue weighted by Crippen LogP contribution is -2.48. The van der Waals surface area contributed by atoms with Crippen LogP contribution < -0.4 is 4.90 Å². The van der Waals surface area contributed by atoms with Crippen molar-refractivity contribution >= 4 is 33.0 Å². The van der Waals surface area contributed by atoms with Crippen LogP contribution in [-0.4, -0.2) is 61.4 Å². The number of thiophene rings is 1. The molecule has 7 nitrogen and oxygen atoms in total. The van der Waals surface area contributed by atoms with Gasteiger partial charge in [0.1, 0.15) is 5.75 Å². The number of carbonyl (C=O) groups excluding carboxylic acids is 1. The smallest absolute Gasteiger partial charge is 0.254 e. The molecule has 1 amide bonds. The third-order valence-corrected chi connectivity index (χ3v) is 9.14. The molecule has 0 saturated carbocycles. The van der Waals surface area contributed by atoms with E-state index in [9.17, 15) is 18.3 Å². The molecule has 1 N–H and O–H groups in total. The predicted molar refractivity (Wildman–Crippen MR) is 128 cm³/mol. The van der Waals surface area contributed by atoms with Gasteiger partial charge in [0.05, 0.1) is 10.6 Å². The minimum absolute atomic E-state index is 0.153. The lowest BCUT2D eigenvalue weighted by atomic mass is 10.1. The maximum atomic E-state index is 13.3. The number of anilines is 1. The van der Waals surface area contributed by atoms with Crippen molar-refractivity contribution in [2.45, 2.75) is 17.9 Å². The van der Waals surface area contributed by atoms with E-state index in [0.29, 0.717) is 51.3 Å². The summed E-state index contributed by atoms with van der Waals surface area (Å²) in [7, 11) is -3.69. The molecule has 0 unspecified atom stereocenters. The first-order valence-electron chi connectivity index (χ1n) is 10.9. The minimum Gasteiger partial charge on any atom is -0.506 e. The Balaban J connectivity index is 1.29. The van der Waals surface area contributed by atoms with Crippen molar-refractivity contribution in [3.63, 3.8) is 0 Å². The average Bonchev–Trinajstić information content (AvgIpc) is 3.32. The number of rotatable bonds is 4. The molecule has 1 saturated heterocycles. The predicted octanol–water partition coefficient (Wildman–Crippen LogP) is 3.16. The van der Waals surface area contributed by atoms with Crippen molar-refractivity contribution in [1.82, 2.24) is 9.21 Å². The van der Waals surface area contributed by atoms with E-state index in [1.165, 1.54) is 15.2 Å². The van der Waals surface area contributed by atoms with E-state index in [1.54, 1.807) is 46.6 Å². The summed E-state index contributed by atoms with van der Waals surface area (Å²) >= 11 is 1.67. The molecule has 2 aromatic carbocycles. The molecule has 172 valence electrons. The molecular formula is C24H25N3O4S2. The number of hydrogen-bond donors (Lipinski definition) is 1. The van der Waals surface area contributed by atoms with Crippen molar-refractivity contribution < 1.29 is 18.3 Å². The first kappa shape index (κ1) is 21.9. The topological polar surface area (TPSA) is 81.2 Å². The second-order valence-corrected chi connectivity index (χ2v) is 11.2. The molecule has 1 aromatic heterocycles. The molecule has 2 aliphatic rings. The van der Waals surface area contributed by atoms with Crippen LogP contribution >= 0.6 is 11.3 Å². The highest BCUT2D eigenvalue weighted by atomic mass is 32.2. The van der Waals surface area contributed by atoms with Crippen LogP contribution in [0, 0.1) is 0 Å². The van der Waals surface area contributed by atoms with E-state index < -0.39 is 10.0 Å². The van der Waals surface area contributed by atoms with Gasteiger partial charge in [-0.15, -0.1) is 11.3 Å². The number of piperazine rings is 1. The van der Waals surface area contributed by atoms with E-state index in [0.717, 1.165) is 11.3 Å². The number of phenols is 1. The van der Waals surface area contributed by atoms with Crippen LogP contribution in [0.2, 0.25) is 0 Å². The van der Waals surface area contributed by atoms with E-state index >= 15 is 0 Å². The second-order valence-electron chi connectivity index (χ2n) is 8.25. The largest absolute Gasteiger partial charge is 0.506 e. The average molecular weight is 484 g/mol. The summed E-state index contributed by atoms with van der Waals surface area (Å²) in [5.74, 6) is 0.0465. The number of carbonyl (C=O) groups is 1. The van der Waals surface area contributed by atoms with Crippen molar-refractivity contribution in [2.24, 2.45) is 0 Å². The van der Waals surface area contributed by atoms with E-state index in [-0.39, 0.29) is 16.6 Å². The van der Waals surface area contributed by atoms with Crippen molar-refractivity contribution in [1.29, 1.82) is 0 Å². The Kier molecular flexibility index (Phi) is 5.86. The van der Waals surface area contributed by atoms with Crippen molar-refractivity contribution in [3.8, 4) is 5.75 Å². The highest BCUT2D eigenvalue weighted by Crippen LogP contribution is 2.29. The minimum atomic E-state index is -3.69. The Bertz CT molecular complexity index is 1280. The van der Waals surface area contributed by atoms with Crippen LogP contribution in [0.3, 0.4) is 0 Å². The molecule has 2 aliphatic heterocycles. The van der Waals surface area contributed by atoms with Crippen LogP contribution in [0.25, 0.3) is 0 Å². The van der Waals surface area contributed by atoms with Gasteiger partial charge in [-0.2, -0.15) is 4.31 Å². The number of phenolic OH excluding ortho intramolecular Hbond substituents is 1. The van der Waals surface area contributed by atoms with E-state index in [1.807, 2.05) is 23.6 Å². The van der Waals surface area contributed by atoms with Gasteiger partial charge in [-0.1, -0.05) is 18.2 Å². The second kappa shape index (κ2) is 8.81. The normalized spacial score (nSPS) is 17.1. The lowest BCUT2D eigenvalue weighted by molar-refractivity contribution is 0.0746. The van der Waals surface area contributed by atoms with Gasteiger partial charge in [0.2, 0.25) is 10.0 Å². The van der Waals surface area contributed by atoms with Gasteiger partial charge in [-0.3, -0.25) is 4.79 Å². The zero-order valence-electron chi connectivity index (χ0n) is 18.1. The molecule has 33 heavy (non-hydrogen) atoms. The fourth-order valence-electron chi connectivity index (χ4n) is 4.43. The Morgan fingerprint density at radius 1 is 0.939 bits per heavy atom. The number of amides is 1. The number of hydrogen-bond acceptors (Lipinski definition) is 6. The van der Waals surface area contributed by atoms with Gasteiger partial charge in [0.15, 0.2) is 0 Å². The summed E-state index contributed by atoms with van der Waals surface area (Å²) in [6.45, 7) is 3.00. The van der Waals surface area contributed by atoms with Crippen molar-refractivity contribution in [3.05, 3.63) is 76.0 Å². The van der Waals surface area contributed by atoms with E-state index in [2.05, 4.69) is 4.90 Å². The number of fused-ring (bicyclic) bond motifs is 1. The Labute approximate surface area is 197 Å². The van der Waals surface area contributed by atoms with Crippen LogP contribution in [0.1, 0.15) is 20.8 Å². The fraction of sp³-hybridized carbons (Fsp3) is 0.292. The quantitative estimate of drug-likeness (QED) is 0.617. The summed E-state index contributed by atoms with van der Waals surface area (Å²) in [5, 5.41) is 12.1. The monoisotopic (exact) mass is 483 g/mol. The highest BCUT2D eigenvalue weighted by Gasteiger charge is 2.30. The zero-order valence-corrected chi connectivity index (χ0v) is 19.7. The molecular weight excluding hydrogens is 458 g/mol. The number of aromatic hydroxyl groups is 1. The maximum absolute atomic E-state index is 13.3. The summed E-state index contributed by atoms with van der Waals surface area (Å²) in [4.78, 5) is 18.3. The third kappa shape index (κ3) is 4.23. The number of nitrogens with zero attached hydrogens (tertiary/aromatic N) is 3. The number of para-hydroxylation sites is 2. The van der Waals surface area contributed by atoms with Gasteiger partial charge in [-0.05, 0) is 53.8 Å². The summed E-state index contributed by atoms with van der Waals surface area (Å²) in [6, 6.07) is 15.5. The molecule has 5 rings (SSSR count). The molecule has 3 heterocycles. The van der Waals surface area contributed by atoms with Gasteiger partial charge in [-0.25, -0.2) is 8.42 Å². The SMILES string of the molecule is O=C(c1cccc(S(=O)(=O)N2CCc3sccc3C2)c1)N1CCN(c2ccccc2O)CC1. The Morgan fingerprint density at radius 2 is 1.73 bits per heavy atom.